The second kappa shape index (κ2) is 12.0. The van der Waals surface area contributed by atoms with E-state index in [0.29, 0.717) is 0 Å². The average molecular weight is 828 g/mol. The fourth-order valence-electron chi connectivity index (χ4n) is 7.24. The third-order valence-electron chi connectivity index (χ3n) is 9.73. The predicted octanol–water partition coefficient (Wildman–Crippen LogP) is 6.95. The summed E-state index contributed by atoms with van der Waals surface area (Å²) in [5, 5.41) is 13.3. The van der Waals surface area contributed by atoms with Gasteiger partial charge in [0.2, 0.25) is 0 Å². The number of para-hydroxylation sites is 1. The van der Waals surface area contributed by atoms with Crippen LogP contribution in [0.4, 0.5) is 0 Å². The van der Waals surface area contributed by atoms with E-state index in [-0.39, 0.29) is 33.2 Å². The van der Waals surface area contributed by atoms with Crippen LogP contribution in [0.2, 0.25) is 0 Å². The normalized spacial score (nSPS) is 11.9. The molecule has 0 fully saturated rings. The molecular formula is C42H33BN6Pt. The Morgan fingerprint density at radius 2 is 1.42 bits per heavy atom. The number of benzene rings is 4. The molecule has 0 radical (unpaired) electrons. The zero-order valence-corrected chi connectivity index (χ0v) is 30.7. The Kier molecular flexibility index (Phi) is 7.72. The first-order chi connectivity index (χ1) is 23.8. The molecular weight excluding hydrogens is 794 g/mol. The molecule has 0 aliphatic rings. The van der Waals surface area contributed by atoms with E-state index in [9.17, 15) is 0 Å². The summed E-state index contributed by atoms with van der Waals surface area (Å²) in [6.07, 6.45) is 2.00. The van der Waals surface area contributed by atoms with Gasteiger partial charge in [0.25, 0.3) is 0 Å². The average Bonchev–Trinajstić information content (AvgIpc) is 3.66. The minimum absolute atomic E-state index is 0. The molecule has 0 amide bonds. The van der Waals surface area contributed by atoms with E-state index in [0.717, 1.165) is 77.6 Å². The quantitative estimate of drug-likeness (QED) is 0.110. The Morgan fingerprint density at radius 1 is 0.680 bits per heavy atom. The van der Waals surface area contributed by atoms with Crippen molar-refractivity contribution in [1.29, 1.82) is 0 Å². The SMILES string of the molecule is Cc1ccc2c(n1)c1ccc(B(c3[c-]c4c(cc3)c3ccccc3n4-c3ccc(C(C)(C)C)cn3)c3ccccc3)[c-]c1c1nnc(C)n21.[Pt+2]. The van der Waals surface area contributed by atoms with Crippen LogP contribution in [0.15, 0.2) is 109 Å². The first-order valence-electron chi connectivity index (χ1n) is 16.7. The van der Waals surface area contributed by atoms with Crippen molar-refractivity contribution in [3.63, 3.8) is 0 Å². The van der Waals surface area contributed by atoms with Gasteiger partial charge in [0.05, 0.1) is 16.7 Å². The zero-order valence-electron chi connectivity index (χ0n) is 28.5. The van der Waals surface area contributed by atoms with Crippen molar-refractivity contribution in [3.05, 3.63) is 139 Å². The van der Waals surface area contributed by atoms with E-state index >= 15 is 0 Å². The number of aromatic nitrogens is 6. The molecule has 9 rings (SSSR count). The molecule has 0 atom stereocenters. The van der Waals surface area contributed by atoms with Crippen molar-refractivity contribution in [2.75, 3.05) is 0 Å². The summed E-state index contributed by atoms with van der Waals surface area (Å²) in [4.78, 5) is 9.96. The first kappa shape index (κ1) is 32.1. The number of pyridine rings is 3. The Labute approximate surface area is 305 Å². The van der Waals surface area contributed by atoms with Crippen LogP contribution in [0.25, 0.3) is 55.1 Å². The van der Waals surface area contributed by atoms with Gasteiger partial charge in [-0.3, -0.25) is 4.98 Å². The topological polar surface area (TPSA) is 60.9 Å². The van der Waals surface area contributed by atoms with Gasteiger partial charge in [0.15, 0.2) is 6.71 Å². The second-order valence-corrected chi connectivity index (χ2v) is 14.0. The number of nitrogens with zero attached hydrogens (tertiary/aromatic N) is 6. The fraction of sp³-hybridized carbons (Fsp3) is 0.143. The number of rotatable bonds is 4. The largest absolute Gasteiger partial charge is 2.00 e. The van der Waals surface area contributed by atoms with Crippen LogP contribution in [-0.4, -0.2) is 35.8 Å². The van der Waals surface area contributed by atoms with Gasteiger partial charge in [-0.15, -0.1) is 28.7 Å². The standard InChI is InChI=1S/C42H33BN6.Pt/c1-26-15-21-37-40(45-26)34-20-18-30(23-35(34)41-47-46-27(2)48(37)41)43(29-11-7-6-8-12-29)31-17-19-33-32-13-9-10-14-36(32)49(38(33)24-31)39-22-16-28(25-44-39)42(3,4)5;/h6-22,25H,1-5H3;/q-2;+2. The second-order valence-electron chi connectivity index (χ2n) is 14.0. The minimum atomic E-state index is -0.136. The molecule has 50 heavy (non-hydrogen) atoms. The summed E-state index contributed by atoms with van der Waals surface area (Å²) in [6, 6.07) is 44.2. The Bertz CT molecular complexity index is 2730. The Balaban J connectivity index is 0.00000361. The van der Waals surface area contributed by atoms with Crippen LogP contribution in [0, 0.1) is 26.0 Å². The number of hydrogen-bond donors (Lipinski definition) is 0. The summed E-state index contributed by atoms with van der Waals surface area (Å²) in [5.74, 6) is 1.70. The van der Waals surface area contributed by atoms with Gasteiger partial charge in [-0.05, 0) is 54.5 Å². The number of fused-ring (bicyclic) bond motifs is 9. The monoisotopic (exact) mass is 827 g/mol. The molecule has 0 unspecified atom stereocenters. The maximum absolute atomic E-state index is 4.99. The van der Waals surface area contributed by atoms with E-state index in [4.69, 9.17) is 9.97 Å². The van der Waals surface area contributed by atoms with E-state index in [1.165, 1.54) is 10.9 Å². The molecule has 244 valence electrons. The van der Waals surface area contributed by atoms with Crippen molar-refractivity contribution < 1.29 is 21.1 Å². The third-order valence-corrected chi connectivity index (χ3v) is 9.73. The van der Waals surface area contributed by atoms with Crippen molar-refractivity contribution in [1.82, 2.24) is 29.1 Å². The van der Waals surface area contributed by atoms with Gasteiger partial charge in [0.1, 0.15) is 11.6 Å². The van der Waals surface area contributed by atoms with Crippen molar-refractivity contribution in [3.8, 4) is 5.82 Å². The van der Waals surface area contributed by atoms with Gasteiger partial charge in [-0.25, -0.2) is 4.98 Å². The molecule has 0 saturated carbocycles. The van der Waals surface area contributed by atoms with Crippen LogP contribution >= 0.6 is 0 Å². The molecule has 9 aromatic rings. The molecule has 0 bridgehead atoms. The zero-order chi connectivity index (χ0) is 33.4. The van der Waals surface area contributed by atoms with Gasteiger partial charge < -0.3 is 8.97 Å². The maximum atomic E-state index is 4.99. The van der Waals surface area contributed by atoms with Crippen molar-refractivity contribution >= 4 is 72.4 Å². The molecule has 8 heteroatoms. The van der Waals surface area contributed by atoms with Crippen LogP contribution in [0.1, 0.15) is 37.9 Å². The summed E-state index contributed by atoms with van der Waals surface area (Å²) in [5.41, 5.74) is 10.2. The van der Waals surface area contributed by atoms with E-state index in [1.54, 1.807) is 0 Å². The minimum Gasteiger partial charge on any atom is -0.319 e. The number of aryl methyl sites for hydroxylation is 2. The van der Waals surface area contributed by atoms with Gasteiger partial charge in [0, 0.05) is 17.4 Å². The summed E-state index contributed by atoms with van der Waals surface area (Å²) in [7, 11) is 0. The van der Waals surface area contributed by atoms with Crippen LogP contribution in [0.5, 0.6) is 0 Å². The fourth-order valence-corrected chi connectivity index (χ4v) is 7.24. The first-order valence-corrected chi connectivity index (χ1v) is 16.7. The van der Waals surface area contributed by atoms with E-state index in [1.807, 2.05) is 26.1 Å². The predicted molar refractivity (Wildman–Crippen MR) is 201 cm³/mol. The molecule has 0 N–H and O–H groups in total. The van der Waals surface area contributed by atoms with Gasteiger partial charge >= 0.3 is 21.1 Å². The Hall–Kier alpha value is -5.13. The molecule has 4 aromatic carbocycles. The smallest absolute Gasteiger partial charge is 0.319 e. The maximum Gasteiger partial charge on any atom is 2.00 e. The van der Waals surface area contributed by atoms with Crippen LogP contribution < -0.4 is 16.4 Å². The number of hydrogen-bond acceptors (Lipinski definition) is 4. The van der Waals surface area contributed by atoms with Crippen LogP contribution in [0.3, 0.4) is 0 Å². The summed E-state index contributed by atoms with van der Waals surface area (Å²) >= 11 is 0. The van der Waals surface area contributed by atoms with E-state index in [2.05, 4.69) is 149 Å². The van der Waals surface area contributed by atoms with Crippen molar-refractivity contribution in [2.45, 2.75) is 40.0 Å². The summed E-state index contributed by atoms with van der Waals surface area (Å²) < 4.78 is 4.34. The molecule has 5 heterocycles. The van der Waals surface area contributed by atoms with Crippen LogP contribution in [-0.2, 0) is 26.5 Å². The molecule has 0 spiro atoms. The van der Waals surface area contributed by atoms with Crippen molar-refractivity contribution in [2.24, 2.45) is 0 Å². The Morgan fingerprint density at radius 3 is 2.18 bits per heavy atom. The molecule has 0 saturated heterocycles. The summed E-state index contributed by atoms with van der Waals surface area (Å²) in [6.45, 7) is 10.5. The molecule has 6 nitrogen and oxygen atoms in total. The third kappa shape index (κ3) is 5.06. The molecule has 0 aliphatic carbocycles. The molecule has 5 aromatic heterocycles. The van der Waals surface area contributed by atoms with E-state index < -0.39 is 0 Å². The van der Waals surface area contributed by atoms with Gasteiger partial charge in [-0.2, -0.15) is 34.2 Å². The molecule has 0 aliphatic heterocycles. The van der Waals surface area contributed by atoms with Gasteiger partial charge in [-0.1, -0.05) is 97.1 Å².